The molecule has 3 N–H and O–H groups in total. The molecule has 0 aliphatic carbocycles. The molecule has 6 heteroatoms. The number of hydrogen-bond acceptors (Lipinski definition) is 3. The van der Waals surface area contributed by atoms with Crippen molar-refractivity contribution < 1.29 is 0 Å². The van der Waals surface area contributed by atoms with Crippen molar-refractivity contribution in [3.8, 4) is 0 Å². The van der Waals surface area contributed by atoms with Crippen LogP contribution in [0.25, 0.3) is 21.9 Å². The smallest absolute Gasteiger partial charge is 0.215 e. The van der Waals surface area contributed by atoms with Crippen LogP contribution in [0.5, 0.6) is 0 Å². The van der Waals surface area contributed by atoms with Gasteiger partial charge in [-0.1, -0.05) is 30.3 Å². The number of nitrogens with zero attached hydrogens (tertiary/aromatic N) is 2. The lowest BCUT2D eigenvalue weighted by atomic mass is 9.97. The van der Waals surface area contributed by atoms with Crippen LogP contribution in [0.2, 0.25) is 0 Å². The second-order valence-electron chi connectivity index (χ2n) is 6.35. The number of benzene rings is 2. The van der Waals surface area contributed by atoms with Gasteiger partial charge in [-0.15, -0.1) is 12.4 Å². The summed E-state index contributed by atoms with van der Waals surface area (Å²) in [5.74, 6) is 0. The number of H-pyrrole nitrogens is 1. The number of nitrogens with one attached hydrogen (secondary N) is 1. The van der Waals surface area contributed by atoms with Crippen LogP contribution in [-0.2, 0) is 19.9 Å². The zero-order valence-corrected chi connectivity index (χ0v) is 15.3. The van der Waals surface area contributed by atoms with E-state index in [0.717, 1.165) is 29.4 Å². The number of hydrogen-bond donors (Lipinski definition) is 2. The third kappa shape index (κ3) is 3.11. The summed E-state index contributed by atoms with van der Waals surface area (Å²) in [6, 6.07) is 14.4. The van der Waals surface area contributed by atoms with E-state index in [2.05, 4.69) is 28.3 Å². The van der Waals surface area contributed by atoms with Gasteiger partial charge in [-0.3, -0.25) is 9.48 Å². The van der Waals surface area contributed by atoms with Gasteiger partial charge in [0.1, 0.15) is 5.52 Å². The molecule has 2 aromatic carbocycles. The fraction of sp³-hybridized carbons (Fsp3) is 0.200. The highest BCUT2D eigenvalue weighted by molar-refractivity contribution is 5.90. The van der Waals surface area contributed by atoms with Crippen LogP contribution >= 0.6 is 12.4 Å². The Balaban J connectivity index is 0.00000196. The van der Waals surface area contributed by atoms with Gasteiger partial charge in [0.2, 0.25) is 5.43 Å². The second-order valence-corrected chi connectivity index (χ2v) is 6.35. The van der Waals surface area contributed by atoms with Crippen LogP contribution in [-0.4, -0.2) is 21.3 Å². The van der Waals surface area contributed by atoms with Crippen molar-refractivity contribution >= 4 is 34.3 Å². The van der Waals surface area contributed by atoms with Crippen molar-refractivity contribution in [1.82, 2.24) is 14.8 Å². The lowest BCUT2D eigenvalue weighted by Gasteiger charge is -2.09. The predicted octanol–water partition coefficient (Wildman–Crippen LogP) is 2.93. The van der Waals surface area contributed by atoms with Crippen molar-refractivity contribution in [3.05, 3.63) is 75.6 Å². The van der Waals surface area contributed by atoms with Crippen LogP contribution in [0.15, 0.2) is 53.5 Å². The summed E-state index contributed by atoms with van der Waals surface area (Å²) in [4.78, 5) is 16.1. The maximum absolute atomic E-state index is 12.8. The third-order valence-corrected chi connectivity index (χ3v) is 4.68. The lowest BCUT2D eigenvalue weighted by molar-refractivity contribution is 0.795. The molecule has 0 aliphatic heterocycles. The number of halogens is 1. The van der Waals surface area contributed by atoms with E-state index in [0.29, 0.717) is 17.4 Å². The molecular formula is C20H21ClN4O. The van der Waals surface area contributed by atoms with Gasteiger partial charge in [-0.2, -0.15) is 5.10 Å². The Kier molecular flexibility index (Phi) is 5.11. The molecule has 0 bridgehead atoms. The van der Waals surface area contributed by atoms with Crippen LogP contribution in [0.4, 0.5) is 0 Å². The summed E-state index contributed by atoms with van der Waals surface area (Å²) in [5.41, 5.74) is 11.6. The van der Waals surface area contributed by atoms with Gasteiger partial charge in [-0.25, -0.2) is 0 Å². The van der Waals surface area contributed by atoms with Gasteiger partial charge in [-0.05, 0) is 48.2 Å². The number of aromatic nitrogens is 3. The van der Waals surface area contributed by atoms with E-state index >= 15 is 0 Å². The highest BCUT2D eigenvalue weighted by Crippen LogP contribution is 2.19. The fourth-order valence-corrected chi connectivity index (χ4v) is 3.42. The molecule has 26 heavy (non-hydrogen) atoms. The molecule has 0 amide bonds. The van der Waals surface area contributed by atoms with Gasteiger partial charge in [0.15, 0.2) is 0 Å². The Morgan fingerprint density at radius 1 is 1.12 bits per heavy atom. The molecule has 0 radical (unpaired) electrons. The maximum Gasteiger partial charge on any atom is 0.215 e. The van der Waals surface area contributed by atoms with E-state index < -0.39 is 0 Å². The summed E-state index contributed by atoms with van der Waals surface area (Å²) < 4.78 is 1.62. The minimum absolute atomic E-state index is 0. The molecule has 0 fully saturated rings. The van der Waals surface area contributed by atoms with E-state index in [-0.39, 0.29) is 17.8 Å². The van der Waals surface area contributed by atoms with Crippen LogP contribution in [0, 0.1) is 0 Å². The number of nitrogens with two attached hydrogens (primary N) is 1. The van der Waals surface area contributed by atoms with Crippen molar-refractivity contribution in [2.45, 2.75) is 12.8 Å². The van der Waals surface area contributed by atoms with Crippen LogP contribution in [0.1, 0.15) is 16.7 Å². The molecule has 4 aromatic rings. The van der Waals surface area contributed by atoms with E-state index in [1.54, 1.807) is 17.9 Å². The van der Waals surface area contributed by atoms with Crippen molar-refractivity contribution in [3.63, 3.8) is 0 Å². The second kappa shape index (κ2) is 7.32. The third-order valence-electron chi connectivity index (χ3n) is 4.68. The Labute approximate surface area is 157 Å². The van der Waals surface area contributed by atoms with Crippen molar-refractivity contribution in [2.75, 3.05) is 6.54 Å². The number of aryl methyl sites for hydroxylation is 1. The van der Waals surface area contributed by atoms with E-state index in [1.165, 1.54) is 11.1 Å². The molecule has 134 valence electrons. The van der Waals surface area contributed by atoms with Crippen molar-refractivity contribution in [1.29, 1.82) is 0 Å². The number of pyridine rings is 1. The summed E-state index contributed by atoms with van der Waals surface area (Å²) in [5, 5.41) is 4.87. The minimum atomic E-state index is 0. The Hall–Kier alpha value is -2.63. The minimum Gasteiger partial charge on any atom is -0.352 e. The number of aromatic amines is 1. The topological polar surface area (TPSA) is 76.7 Å². The number of rotatable bonds is 4. The first kappa shape index (κ1) is 18.2. The largest absolute Gasteiger partial charge is 0.352 e. The predicted molar refractivity (Wildman–Crippen MR) is 108 cm³/mol. The highest BCUT2D eigenvalue weighted by Gasteiger charge is 2.10. The molecule has 5 nitrogen and oxygen atoms in total. The van der Waals surface area contributed by atoms with E-state index in [9.17, 15) is 4.79 Å². The molecule has 0 saturated carbocycles. The van der Waals surface area contributed by atoms with Gasteiger partial charge >= 0.3 is 0 Å². The molecular weight excluding hydrogens is 348 g/mol. The Morgan fingerprint density at radius 2 is 1.88 bits per heavy atom. The summed E-state index contributed by atoms with van der Waals surface area (Å²) in [6.45, 7) is 0.632. The Morgan fingerprint density at radius 3 is 2.65 bits per heavy atom. The molecule has 2 aromatic heterocycles. The zero-order chi connectivity index (χ0) is 17.4. The lowest BCUT2D eigenvalue weighted by Crippen LogP contribution is -2.09. The van der Waals surface area contributed by atoms with E-state index in [4.69, 9.17) is 5.73 Å². The average Bonchev–Trinajstić information content (AvgIpc) is 2.99. The highest BCUT2D eigenvalue weighted by atomic mass is 35.5. The normalized spacial score (nSPS) is 11.0. The average molecular weight is 369 g/mol. The molecule has 2 heterocycles. The molecule has 0 saturated heterocycles. The zero-order valence-electron chi connectivity index (χ0n) is 14.5. The van der Waals surface area contributed by atoms with Gasteiger partial charge in [0, 0.05) is 18.0 Å². The molecule has 0 aliphatic rings. The first-order valence-electron chi connectivity index (χ1n) is 8.41. The molecule has 0 atom stereocenters. The van der Waals surface area contributed by atoms with Crippen LogP contribution < -0.4 is 11.2 Å². The van der Waals surface area contributed by atoms with Gasteiger partial charge < -0.3 is 10.7 Å². The SMILES string of the molecule is Cl.Cn1ncc2[nH]c3ccc(Cc4ccccc4CCN)cc3c(=O)c21. The fourth-order valence-electron chi connectivity index (χ4n) is 3.42. The molecule has 4 rings (SSSR count). The summed E-state index contributed by atoms with van der Waals surface area (Å²) in [7, 11) is 1.79. The van der Waals surface area contributed by atoms with E-state index in [1.807, 2.05) is 24.3 Å². The van der Waals surface area contributed by atoms with Crippen molar-refractivity contribution in [2.24, 2.45) is 12.8 Å². The maximum atomic E-state index is 12.8. The molecule has 0 unspecified atom stereocenters. The standard InChI is InChI=1S/C20H20N4O.ClH/c1-24-19-18(12-22-24)23-17-7-6-13(11-16(17)20(19)25)10-15-5-3-2-4-14(15)8-9-21;/h2-7,11-12H,8-10,21H2,1H3,(H,23,25);1H. The Bertz CT molecular complexity index is 1130. The van der Waals surface area contributed by atoms with Crippen LogP contribution in [0.3, 0.4) is 0 Å². The summed E-state index contributed by atoms with van der Waals surface area (Å²) in [6.07, 6.45) is 3.34. The quantitative estimate of drug-likeness (QED) is 0.581. The summed E-state index contributed by atoms with van der Waals surface area (Å²) >= 11 is 0. The molecule has 0 spiro atoms. The van der Waals surface area contributed by atoms with Gasteiger partial charge in [0.05, 0.1) is 11.7 Å². The monoisotopic (exact) mass is 368 g/mol. The first-order chi connectivity index (χ1) is 12.2. The number of fused-ring (bicyclic) bond motifs is 2. The first-order valence-corrected chi connectivity index (χ1v) is 8.41. The van der Waals surface area contributed by atoms with Gasteiger partial charge in [0.25, 0.3) is 0 Å².